The van der Waals surface area contributed by atoms with E-state index in [1.807, 2.05) is 6.92 Å². The van der Waals surface area contributed by atoms with E-state index in [0.717, 1.165) is 13.2 Å². The van der Waals surface area contributed by atoms with Gasteiger partial charge in [-0.15, -0.1) is 0 Å². The van der Waals surface area contributed by atoms with Crippen molar-refractivity contribution in [3.8, 4) is 0 Å². The van der Waals surface area contributed by atoms with Crippen LogP contribution in [0.15, 0.2) is 24.3 Å². The van der Waals surface area contributed by atoms with Crippen LogP contribution in [0.3, 0.4) is 0 Å². The van der Waals surface area contributed by atoms with Gasteiger partial charge >= 0.3 is 0 Å². The van der Waals surface area contributed by atoms with E-state index >= 15 is 0 Å². The summed E-state index contributed by atoms with van der Waals surface area (Å²) in [6, 6.07) is 8.94. The van der Waals surface area contributed by atoms with Gasteiger partial charge in [-0.05, 0) is 37.5 Å². The molecule has 0 aliphatic rings. The minimum atomic E-state index is 0.349. The monoisotopic (exact) mass is 221 g/mol. The molecule has 90 valence electrons. The highest BCUT2D eigenvalue weighted by molar-refractivity contribution is 5.47. The van der Waals surface area contributed by atoms with Crippen molar-refractivity contribution in [2.45, 2.75) is 39.7 Å². The molecule has 0 spiro atoms. The Kier molecular flexibility index (Phi) is 5.33. The van der Waals surface area contributed by atoms with E-state index < -0.39 is 0 Å². The molecule has 0 amide bonds. The van der Waals surface area contributed by atoms with Crippen LogP contribution in [0.4, 0.5) is 5.69 Å². The lowest BCUT2D eigenvalue weighted by molar-refractivity contribution is 0.141. The summed E-state index contributed by atoms with van der Waals surface area (Å²) in [6.45, 7) is 10.1. The average molecular weight is 221 g/mol. The van der Waals surface area contributed by atoms with Crippen molar-refractivity contribution in [3.05, 3.63) is 29.8 Å². The lowest BCUT2D eigenvalue weighted by atomic mass is 10.0. The smallest absolute Gasteiger partial charge is 0.0664 e. The van der Waals surface area contributed by atoms with E-state index in [4.69, 9.17) is 4.74 Å². The fraction of sp³-hybridized carbons (Fsp3) is 0.571. The first kappa shape index (κ1) is 13.0. The normalized spacial score (nSPS) is 12.8. The zero-order valence-electron chi connectivity index (χ0n) is 10.8. The first-order valence-corrected chi connectivity index (χ1v) is 6.07. The molecule has 0 heterocycles. The van der Waals surface area contributed by atoms with E-state index in [-0.39, 0.29) is 0 Å². The highest BCUT2D eigenvalue weighted by atomic mass is 16.5. The molecule has 1 atom stereocenters. The van der Waals surface area contributed by atoms with E-state index in [1.165, 1.54) is 11.3 Å². The van der Waals surface area contributed by atoms with E-state index in [0.29, 0.717) is 12.0 Å². The van der Waals surface area contributed by atoms with E-state index in [2.05, 4.69) is 50.4 Å². The largest absolute Gasteiger partial charge is 0.380 e. The Morgan fingerprint density at radius 3 is 2.62 bits per heavy atom. The average Bonchev–Trinajstić information content (AvgIpc) is 2.26. The van der Waals surface area contributed by atoms with Gasteiger partial charge in [-0.3, -0.25) is 0 Å². The SMILES string of the molecule is CCOCC(C)Nc1cccc(C(C)C)c1. The maximum Gasteiger partial charge on any atom is 0.0664 e. The summed E-state index contributed by atoms with van der Waals surface area (Å²) >= 11 is 0. The van der Waals surface area contributed by atoms with Gasteiger partial charge < -0.3 is 10.1 Å². The van der Waals surface area contributed by atoms with Crippen molar-refractivity contribution >= 4 is 5.69 Å². The van der Waals surface area contributed by atoms with Gasteiger partial charge in [0.2, 0.25) is 0 Å². The summed E-state index contributed by atoms with van der Waals surface area (Å²) in [5.74, 6) is 0.573. The van der Waals surface area contributed by atoms with Crippen LogP contribution < -0.4 is 5.32 Å². The molecule has 0 fully saturated rings. The lowest BCUT2D eigenvalue weighted by Gasteiger charge is -2.16. The molecule has 0 aromatic heterocycles. The predicted octanol–water partition coefficient (Wildman–Crippen LogP) is 3.65. The van der Waals surface area contributed by atoms with Crippen LogP contribution in [-0.4, -0.2) is 19.3 Å². The summed E-state index contributed by atoms with van der Waals surface area (Å²) in [7, 11) is 0. The van der Waals surface area contributed by atoms with Gasteiger partial charge in [0.15, 0.2) is 0 Å². The lowest BCUT2D eigenvalue weighted by Crippen LogP contribution is -2.21. The number of hydrogen-bond donors (Lipinski definition) is 1. The van der Waals surface area contributed by atoms with Gasteiger partial charge in [0.05, 0.1) is 6.61 Å². The molecule has 2 heteroatoms. The number of hydrogen-bond acceptors (Lipinski definition) is 2. The van der Waals surface area contributed by atoms with Gasteiger partial charge in [-0.2, -0.15) is 0 Å². The second kappa shape index (κ2) is 6.54. The molecule has 2 nitrogen and oxygen atoms in total. The quantitative estimate of drug-likeness (QED) is 0.791. The third-order valence-electron chi connectivity index (χ3n) is 2.54. The molecule has 0 aliphatic heterocycles. The second-order valence-corrected chi connectivity index (χ2v) is 4.49. The first-order chi connectivity index (χ1) is 7.63. The predicted molar refractivity (Wildman–Crippen MR) is 70.1 cm³/mol. The highest BCUT2D eigenvalue weighted by Gasteiger charge is 2.03. The Bertz CT molecular complexity index is 309. The number of ether oxygens (including phenoxy) is 1. The Labute approximate surface area is 99.0 Å². The summed E-state index contributed by atoms with van der Waals surface area (Å²) in [4.78, 5) is 0. The molecule has 1 rings (SSSR count). The Morgan fingerprint density at radius 2 is 2.00 bits per heavy atom. The van der Waals surface area contributed by atoms with Gasteiger partial charge in [-0.25, -0.2) is 0 Å². The molecular weight excluding hydrogens is 198 g/mol. The zero-order valence-corrected chi connectivity index (χ0v) is 10.8. The summed E-state index contributed by atoms with van der Waals surface area (Å²) < 4.78 is 5.38. The minimum Gasteiger partial charge on any atom is -0.380 e. The Morgan fingerprint density at radius 1 is 1.25 bits per heavy atom. The van der Waals surface area contributed by atoms with Gasteiger partial charge in [0.1, 0.15) is 0 Å². The number of benzene rings is 1. The van der Waals surface area contributed by atoms with Crippen molar-refractivity contribution in [3.63, 3.8) is 0 Å². The van der Waals surface area contributed by atoms with Crippen LogP contribution >= 0.6 is 0 Å². The molecule has 1 N–H and O–H groups in total. The fourth-order valence-electron chi connectivity index (χ4n) is 1.61. The van der Waals surface area contributed by atoms with E-state index in [1.54, 1.807) is 0 Å². The summed E-state index contributed by atoms with van der Waals surface area (Å²) in [5, 5.41) is 3.45. The summed E-state index contributed by atoms with van der Waals surface area (Å²) in [6.07, 6.45) is 0. The molecule has 16 heavy (non-hydrogen) atoms. The van der Waals surface area contributed by atoms with Gasteiger partial charge in [-0.1, -0.05) is 26.0 Å². The summed E-state index contributed by atoms with van der Waals surface area (Å²) in [5.41, 5.74) is 2.55. The zero-order chi connectivity index (χ0) is 12.0. The van der Waals surface area contributed by atoms with Crippen LogP contribution in [-0.2, 0) is 4.74 Å². The molecule has 1 aromatic rings. The highest BCUT2D eigenvalue weighted by Crippen LogP contribution is 2.18. The maximum atomic E-state index is 5.38. The molecular formula is C14H23NO. The van der Waals surface area contributed by atoms with Crippen molar-refractivity contribution in [1.82, 2.24) is 0 Å². The number of nitrogens with one attached hydrogen (secondary N) is 1. The van der Waals surface area contributed by atoms with Crippen molar-refractivity contribution in [2.75, 3.05) is 18.5 Å². The van der Waals surface area contributed by atoms with Crippen molar-refractivity contribution in [1.29, 1.82) is 0 Å². The molecule has 0 saturated carbocycles. The fourth-order valence-corrected chi connectivity index (χ4v) is 1.61. The van der Waals surface area contributed by atoms with Crippen LogP contribution in [0, 0.1) is 0 Å². The van der Waals surface area contributed by atoms with Crippen molar-refractivity contribution < 1.29 is 4.74 Å². The molecule has 0 aliphatic carbocycles. The molecule has 1 unspecified atom stereocenters. The van der Waals surface area contributed by atoms with Crippen molar-refractivity contribution in [2.24, 2.45) is 0 Å². The van der Waals surface area contributed by atoms with Gasteiger partial charge in [0, 0.05) is 18.3 Å². The topological polar surface area (TPSA) is 21.3 Å². The number of rotatable bonds is 6. The Hall–Kier alpha value is -1.02. The third-order valence-corrected chi connectivity index (χ3v) is 2.54. The van der Waals surface area contributed by atoms with Crippen LogP contribution in [0.5, 0.6) is 0 Å². The molecule has 0 bridgehead atoms. The van der Waals surface area contributed by atoms with Crippen LogP contribution in [0.2, 0.25) is 0 Å². The minimum absolute atomic E-state index is 0.349. The third kappa shape index (κ3) is 4.23. The molecule has 0 radical (unpaired) electrons. The maximum absolute atomic E-state index is 5.38. The molecule has 1 aromatic carbocycles. The first-order valence-electron chi connectivity index (χ1n) is 6.07. The van der Waals surface area contributed by atoms with E-state index in [9.17, 15) is 0 Å². The van der Waals surface area contributed by atoms with Crippen LogP contribution in [0.1, 0.15) is 39.2 Å². The molecule has 0 saturated heterocycles. The second-order valence-electron chi connectivity index (χ2n) is 4.49. The van der Waals surface area contributed by atoms with Crippen LogP contribution in [0.25, 0.3) is 0 Å². The Balaban J connectivity index is 2.56. The van der Waals surface area contributed by atoms with Gasteiger partial charge in [0.25, 0.3) is 0 Å². The standard InChI is InChI=1S/C14H23NO/c1-5-16-10-12(4)15-14-8-6-7-13(9-14)11(2)3/h6-9,11-12,15H,5,10H2,1-4H3. The number of anilines is 1.